The van der Waals surface area contributed by atoms with Crippen molar-refractivity contribution in [3.63, 3.8) is 0 Å². The van der Waals surface area contributed by atoms with E-state index >= 15 is 0 Å². The molecule has 0 radical (unpaired) electrons. The highest BCUT2D eigenvalue weighted by molar-refractivity contribution is 5.12. The van der Waals surface area contributed by atoms with E-state index in [0.717, 1.165) is 41.9 Å². The average molecular weight is 429 g/mol. The zero-order chi connectivity index (χ0) is 22.6. The first-order chi connectivity index (χ1) is 14.6. The van der Waals surface area contributed by atoms with Crippen molar-refractivity contribution in [1.82, 2.24) is 0 Å². The lowest BCUT2D eigenvalue weighted by molar-refractivity contribution is -0.149. The molecule has 0 spiro atoms. The topological polar surface area (TPSA) is 20.2 Å². The van der Waals surface area contributed by atoms with Crippen LogP contribution in [0.2, 0.25) is 0 Å². The summed E-state index contributed by atoms with van der Waals surface area (Å²) in [5.41, 5.74) is 4.34. The van der Waals surface area contributed by atoms with E-state index in [1.54, 1.807) is 11.1 Å². The second kappa shape index (κ2) is 8.81. The third-order valence-corrected chi connectivity index (χ3v) is 12.0. The first-order valence-electron chi connectivity index (χ1n) is 14.0. The monoisotopic (exact) mass is 428 g/mol. The van der Waals surface area contributed by atoms with Gasteiger partial charge in [-0.25, -0.2) is 0 Å². The van der Waals surface area contributed by atoms with Crippen LogP contribution >= 0.6 is 0 Å². The number of hydrogen-bond acceptors (Lipinski definition) is 1. The fourth-order valence-corrected chi connectivity index (χ4v) is 10.1. The fourth-order valence-electron chi connectivity index (χ4n) is 10.1. The van der Waals surface area contributed by atoms with Crippen LogP contribution in [-0.4, -0.2) is 11.2 Å². The first-order valence-corrected chi connectivity index (χ1v) is 14.0. The van der Waals surface area contributed by atoms with E-state index in [1.165, 1.54) is 64.2 Å². The minimum atomic E-state index is -0.0472. The van der Waals surface area contributed by atoms with Crippen molar-refractivity contribution >= 4 is 0 Å². The predicted octanol–water partition coefficient (Wildman–Crippen LogP) is 8.41. The molecule has 4 aliphatic rings. The predicted molar refractivity (Wildman–Crippen MR) is 133 cm³/mol. The second-order valence-electron chi connectivity index (χ2n) is 13.2. The molecule has 0 saturated heterocycles. The maximum atomic E-state index is 10.6. The molecule has 0 aromatic carbocycles. The number of rotatable bonds is 5. The molecule has 0 unspecified atom stereocenters. The molecule has 178 valence electrons. The molecule has 0 amide bonds. The highest BCUT2D eigenvalue weighted by Crippen LogP contribution is 2.68. The van der Waals surface area contributed by atoms with Crippen molar-refractivity contribution in [3.8, 4) is 0 Å². The van der Waals surface area contributed by atoms with Gasteiger partial charge in [-0.2, -0.15) is 0 Å². The van der Waals surface area contributed by atoms with Crippen molar-refractivity contribution in [2.75, 3.05) is 0 Å². The summed E-state index contributed by atoms with van der Waals surface area (Å²) >= 11 is 0. The Labute approximate surface area is 193 Å². The summed E-state index contributed by atoms with van der Waals surface area (Å²) in [5.74, 6) is 5.92. The van der Waals surface area contributed by atoms with Crippen LogP contribution < -0.4 is 0 Å². The van der Waals surface area contributed by atoms with Gasteiger partial charge in [0.05, 0.1) is 6.10 Å². The summed E-state index contributed by atoms with van der Waals surface area (Å²) in [7, 11) is 0. The van der Waals surface area contributed by atoms with Gasteiger partial charge in [-0.3, -0.25) is 0 Å². The standard InChI is InChI=1S/C30H52O/c1-8-22(19(2)3)10-9-20(4)24-13-14-26-23-11-12-25-21(5)28(31)16-18-30(25,7)27(23)15-17-29(24,26)6/h20-21,23-28,31H,8-18H2,1-7H3/t20-,21+,23+,24-,25+,26+,27+,28+,29-,30+/m1/s1. The van der Waals surface area contributed by atoms with Gasteiger partial charge in [-0.15, -0.1) is 0 Å². The highest BCUT2D eigenvalue weighted by atomic mass is 16.3. The van der Waals surface area contributed by atoms with Crippen LogP contribution in [-0.2, 0) is 0 Å². The minimum Gasteiger partial charge on any atom is -0.393 e. The Bertz CT molecular complexity index is 674. The Morgan fingerprint density at radius 3 is 2.23 bits per heavy atom. The summed E-state index contributed by atoms with van der Waals surface area (Å²) < 4.78 is 0. The van der Waals surface area contributed by atoms with E-state index in [1.807, 2.05) is 0 Å². The zero-order valence-corrected chi connectivity index (χ0v) is 21.8. The molecule has 1 nitrogen and oxygen atoms in total. The number of hydrogen-bond donors (Lipinski definition) is 1. The molecule has 10 atom stereocenters. The molecule has 0 heterocycles. The van der Waals surface area contributed by atoms with Crippen molar-refractivity contribution < 1.29 is 5.11 Å². The van der Waals surface area contributed by atoms with Crippen LogP contribution in [0.3, 0.4) is 0 Å². The molecule has 0 aromatic rings. The number of allylic oxidation sites excluding steroid dienone is 2. The van der Waals surface area contributed by atoms with Gasteiger partial charge in [0.1, 0.15) is 0 Å². The molecular formula is C30H52O. The Morgan fingerprint density at radius 1 is 0.903 bits per heavy atom. The second-order valence-corrected chi connectivity index (χ2v) is 13.2. The summed E-state index contributed by atoms with van der Waals surface area (Å²) in [5, 5.41) is 10.6. The van der Waals surface area contributed by atoms with Crippen LogP contribution in [0, 0.1) is 52.3 Å². The van der Waals surface area contributed by atoms with Crippen LogP contribution in [0.1, 0.15) is 119 Å². The number of aliphatic hydroxyl groups excluding tert-OH is 1. The van der Waals surface area contributed by atoms with Gasteiger partial charge in [0.2, 0.25) is 0 Å². The van der Waals surface area contributed by atoms with Gasteiger partial charge >= 0.3 is 0 Å². The molecule has 4 aliphatic carbocycles. The van der Waals surface area contributed by atoms with Gasteiger partial charge in [0.15, 0.2) is 0 Å². The van der Waals surface area contributed by atoms with Crippen LogP contribution in [0.25, 0.3) is 0 Å². The van der Waals surface area contributed by atoms with Gasteiger partial charge < -0.3 is 5.11 Å². The Balaban J connectivity index is 1.48. The van der Waals surface area contributed by atoms with Crippen LogP contribution in [0.5, 0.6) is 0 Å². The normalized spacial score (nSPS) is 47.8. The highest BCUT2D eigenvalue weighted by Gasteiger charge is 2.61. The lowest BCUT2D eigenvalue weighted by Crippen LogP contribution is -2.56. The van der Waals surface area contributed by atoms with Gasteiger partial charge in [0, 0.05) is 0 Å². The Kier molecular flexibility index (Phi) is 6.78. The minimum absolute atomic E-state index is 0.0472. The third-order valence-electron chi connectivity index (χ3n) is 12.0. The maximum absolute atomic E-state index is 10.6. The summed E-state index contributed by atoms with van der Waals surface area (Å²) in [6, 6.07) is 0. The maximum Gasteiger partial charge on any atom is 0.0568 e. The smallest absolute Gasteiger partial charge is 0.0568 e. The fraction of sp³-hybridized carbons (Fsp3) is 0.933. The van der Waals surface area contributed by atoms with Gasteiger partial charge in [0.25, 0.3) is 0 Å². The van der Waals surface area contributed by atoms with E-state index in [0.29, 0.717) is 16.7 Å². The zero-order valence-electron chi connectivity index (χ0n) is 21.8. The number of fused-ring (bicyclic) bond motifs is 5. The van der Waals surface area contributed by atoms with E-state index in [4.69, 9.17) is 0 Å². The summed E-state index contributed by atoms with van der Waals surface area (Å²) in [6.45, 7) is 17.2. The molecule has 1 heteroatoms. The van der Waals surface area contributed by atoms with Gasteiger partial charge in [-0.1, -0.05) is 45.8 Å². The molecule has 0 aromatic heterocycles. The van der Waals surface area contributed by atoms with Gasteiger partial charge in [-0.05, 0) is 137 Å². The lowest BCUT2D eigenvalue weighted by Gasteiger charge is -2.62. The molecular weight excluding hydrogens is 376 g/mol. The van der Waals surface area contributed by atoms with E-state index < -0.39 is 0 Å². The summed E-state index contributed by atoms with van der Waals surface area (Å²) in [4.78, 5) is 0. The van der Waals surface area contributed by atoms with E-state index in [-0.39, 0.29) is 6.10 Å². The van der Waals surface area contributed by atoms with Crippen molar-refractivity contribution in [2.24, 2.45) is 52.3 Å². The SMILES string of the molecule is CCC(CC[C@@H](C)[C@H]1CC[C@H]2[C@@H]3CC[C@H]4[C@H](C)[C@@H](O)CC[C@]4(C)[C@H]3CC[C@]12C)=C(C)C. The van der Waals surface area contributed by atoms with Crippen LogP contribution in [0.4, 0.5) is 0 Å². The van der Waals surface area contributed by atoms with Crippen molar-refractivity contribution in [2.45, 2.75) is 125 Å². The molecule has 0 bridgehead atoms. The average Bonchev–Trinajstić information content (AvgIpc) is 3.08. The van der Waals surface area contributed by atoms with Crippen LogP contribution in [0.15, 0.2) is 11.1 Å². The molecule has 31 heavy (non-hydrogen) atoms. The van der Waals surface area contributed by atoms with Crippen molar-refractivity contribution in [1.29, 1.82) is 0 Å². The van der Waals surface area contributed by atoms with Crippen molar-refractivity contribution in [3.05, 3.63) is 11.1 Å². The lowest BCUT2D eigenvalue weighted by atomic mass is 9.43. The third kappa shape index (κ3) is 3.87. The summed E-state index contributed by atoms with van der Waals surface area (Å²) in [6.07, 6.45) is 15.0. The molecule has 0 aliphatic heterocycles. The molecule has 4 fully saturated rings. The quantitative estimate of drug-likeness (QED) is 0.436. The molecule has 1 N–H and O–H groups in total. The Hall–Kier alpha value is -0.300. The van der Waals surface area contributed by atoms with E-state index in [2.05, 4.69) is 48.5 Å². The Morgan fingerprint density at radius 2 is 1.55 bits per heavy atom. The first kappa shape index (κ1) is 23.8. The number of aliphatic hydroxyl groups is 1. The van der Waals surface area contributed by atoms with E-state index in [9.17, 15) is 5.11 Å². The molecule has 4 rings (SSSR count). The largest absolute Gasteiger partial charge is 0.393 e. The molecule has 4 saturated carbocycles.